The van der Waals surface area contributed by atoms with Crippen LogP contribution in [0.1, 0.15) is 16.2 Å². The van der Waals surface area contributed by atoms with Gasteiger partial charge in [0.15, 0.2) is 12.4 Å². The van der Waals surface area contributed by atoms with Crippen LogP contribution in [0.3, 0.4) is 0 Å². The molecule has 0 atom stereocenters. The minimum atomic E-state index is -0.648. The molecule has 0 aliphatic carbocycles. The summed E-state index contributed by atoms with van der Waals surface area (Å²) in [6.07, 6.45) is 0. The molecule has 8 heteroatoms. The molecule has 0 saturated carbocycles. The molecule has 0 aliphatic rings. The Hall–Kier alpha value is -2.41. The van der Waals surface area contributed by atoms with Crippen molar-refractivity contribution in [3.05, 3.63) is 50.8 Å². The van der Waals surface area contributed by atoms with Crippen LogP contribution in [0.2, 0.25) is 5.02 Å². The van der Waals surface area contributed by atoms with Gasteiger partial charge in [0.25, 0.3) is 0 Å². The molecule has 0 radical (unpaired) electrons. The summed E-state index contributed by atoms with van der Waals surface area (Å²) in [5, 5.41) is 11.5. The van der Waals surface area contributed by atoms with Crippen LogP contribution in [0.5, 0.6) is 0 Å². The maximum absolute atomic E-state index is 12.1. The van der Waals surface area contributed by atoms with E-state index >= 15 is 0 Å². The molecule has 0 bridgehead atoms. The van der Waals surface area contributed by atoms with E-state index in [1.165, 1.54) is 4.57 Å². The largest absolute Gasteiger partial charge is 0.377 e. The van der Waals surface area contributed by atoms with Gasteiger partial charge in [0.05, 0.1) is 0 Å². The lowest BCUT2D eigenvalue weighted by atomic mass is 10.1. The third-order valence-corrected chi connectivity index (χ3v) is 3.05. The Labute approximate surface area is 119 Å². The molecule has 0 saturated heterocycles. The number of carbonyl (C=O) groups excluding carboxylic acids is 1. The summed E-state index contributed by atoms with van der Waals surface area (Å²) in [6, 6.07) is 6.29. The van der Waals surface area contributed by atoms with Gasteiger partial charge in [-0.15, -0.1) is 0 Å². The molecule has 7 nitrogen and oxygen atoms in total. The van der Waals surface area contributed by atoms with Crippen molar-refractivity contribution in [3.63, 3.8) is 0 Å². The Morgan fingerprint density at radius 3 is 2.60 bits per heavy atom. The molecule has 0 aliphatic heterocycles. The minimum absolute atomic E-state index is 0.198. The van der Waals surface area contributed by atoms with E-state index < -0.39 is 4.92 Å². The predicted molar refractivity (Wildman–Crippen MR) is 73.8 cm³/mol. The molecule has 0 unspecified atom stereocenters. The summed E-state index contributed by atoms with van der Waals surface area (Å²) in [6.45, 7) is 1.35. The molecule has 1 aromatic carbocycles. The van der Waals surface area contributed by atoms with Crippen LogP contribution in [0.25, 0.3) is 0 Å². The van der Waals surface area contributed by atoms with Crippen LogP contribution in [-0.4, -0.2) is 20.3 Å². The highest BCUT2D eigenvalue weighted by molar-refractivity contribution is 6.30. The van der Waals surface area contributed by atoms with Gasteiger partial charge < -0.3 is 15.8 Å². The average Bonchev–Trinajstić information content (AvgIpc) is 2.64. The second-order valence-corrected chi connectivity index (χ2v) is 4.58. The number of halogens is 1. The molecule has 20 heavy (non-hydrogen) atoms. The zero-order chi connectivity index (χ0) is 14.9. The first-order valence-electron chi connectivity index (χ1n) is 5.66. The fraction of sp³-hybridized carbons (Fsp3) is 0.167. The van der Waals surface area contributed by atoms with Gasteiger partial charge in [0.2, 0.25) is 11.6 Å². The van der Waals surface area contributed by atoms with Crippen molar-refractivity contribution in [2.75, 3.05) is 5.73 Å². The molecule has 0 fully saturated rings. The van der Waals surface area contributed by atoms with Gasteiger partial charge in [-0.25, -0.2) is 4.57 Å². The third kappa shape index (κ3) is 2.62. The van der Waals surface area contributed by atoms with Crippen molar-refractivity contribution >= 4 is 29.0 Å². The molecule has 0 amide bonds. The van der Waals surface area contributed by atoms with Crippen molar-refractivity contribution in [1.82, 2.24) is 9.55 Å². The van der Waals surface area contributed by atoms with Gasteiger partial charge in [-0.1, -0.05) is 11.6 Å². The second-order valence-electron chi connectivity index (χ2n) is 4.14. The summed E-state index contributed by atoms with van der Waals surface area (Å²) in [5.74, 6) is -0.539. The first kappa shape index (κ1) is 14.0. The molecular formula is C12H11ClN4O3. The normalized spacial score (nSPS) is 10.5. The number of hydrogen-bond donors (Lipinski definition) is 1. The quantitative estimate of drug-likeness (QED) is 0.529. The lowest BCUT2D eigenvalue weighted by Crippen LogP contribution is -2.14. The monoisotopic (exact) mass is 294 g/mol. The van der Waals surface area contributed by atoms with Gasteiger partial charge in [-0.3, -0.25) is 4.79 Å². The van der Waals surface area contributed by atoms with Crippen LogP contribution >= 0.6 is 11.6 Å². The fourth-order valence-electron chi connectivity index (χ4n) is 1.83. The number of aromatic nitrogens is 2. The van der Waals surface area contributed by atoms with Crippen molar-refractivity contribution in [1.29, 1.82) is 0 Å². The molecule has 2 aromatic rings. The first-order chi connectivity index (χ1) is 9.40. The van der Waals surface area contributed by atoms with Crippen molar-refractivity contribution in [2.24, 2.45) is 0 Å². The van der Waals surface area contributed by atoms with Crippen molar-refractivity contribution in [3.8, 4) is 0 Å². The number of aryl methyl sites for hydroxylation is 1. The summed E-state index contributed by atoms with van der Waals surface area (Å²) in [5.41, 5.74) is 5.89. The Morgan fingerprint density at radius 2 is 2.05 bits per heavy atom. The second kappa shape index (κ2) is 5.30. The highest BCUT2D eigenvalue weighted by Crippen LogP contribution is 2.23. The van der Waals surface area contributed by atoms with Gasteiger partial charge >= 0.3 is 5.82 Å². The molecule has 2 rings (SSSR count). The zero-order valence-electron chi connectivity index (χ0n) is 10.5. The predicted octanol–water partition coefficient (Wildman–Crippen LogP) is 2.22. The lowest BCUT2D eigenvalue weighted by Gasteiger charge is -2.03. The SMILES string of the molecule is Cc1nc(N)c([N+](=O)[O-])n1CC(=O)c1ccc(Cl)cc1. The Balaban J connectivity index is 2.33. The maximum Gasteiger partial charge on any atom is 0.367 e. The number of nitrogen functional groups attached to an aromatic ring is 1. The summed E-state index contributed by atoms with van der Waals surface area (Å²) < 4.78 is 1.19. The molecule has 1 aromatic heterocycles. The molecule has 2 N–H and O–H groups in total. The van der Waals surface area contributed by atoms with E-state index in [4.69, 9.17) is 17.3 Å². The summed E-state index contributed by atoms with van der Waals surface area (Å²) in [7, 11) is 0. The van der Waals surface area contributed by atoms with Gasteiger partial charge in [0, 0.05) is 17.5 Å². The molecule has 104 valence electrons. The van der Waals surface area contributed by atoms with Crippen LogP contribution in [0, 0.1) is 17.0 Å². The van der Waals surface area contributed by atoms with E-state index in [2.05, 4.69) is 4.98 Å². The Morgan fingerprint density at radius 1 is 1.45 bits per heavy atom. The summed E-state index contributed by atoms with van der Waals surface area (Å²) in [4.78, 5) is 26.2. The number of ketones is 1. The number of carbonyl (C=O) groups is 1. The molecule has 0 spiro atoms. The number of Topliss-reactive ketones (excluding diaryl/α,β-unsaturated/α-hetero) is 1. The highest BCUT2D eigenvalue weighted by atomic mass is 35.5. The number of nitrogens with zero attached hydrogens (tertiary/aromatic N) is 3. The number of benzene rings is 1. The van der Waals surface area contributed by atoms with E-state index in [1.807, 2.05) is 0 Å². The zero-order valence-corrected chi connectivity index (χ0v) is 11.3. The minimum Gasteiger partial charge on any atom is -0.377 e. The Bertz CT molecular complexity index is 679. The van der Waals surface area contributed by atoms with E-state index in [0.29, 0.717) is 16.4 Å². The number of rotatable bonds is 4. The highest BCUT2D eigenvalue weighted by Gasteiger charge is 2.25. The standard InChI is InChI=1S/C12H11ClN4O3/c1-7-15-11(14)12(17(19)20)16(7)6-10(18)8-2-4-9(13)5-3-8/h2-5H,6,14H2,1H3. The number of imidazole rings is 1. The van der Waals surface area contributed by atoms with E-state index in [0.717, 1.165) is 0 Å². The number of hydrogen-bond acceptors (Lipinski definition) is 5. The number of nitro groups is 1. The van der Waals surface area contributed by atoms with Crippen molar-refractivity contribution in [2.45, 2.75) is 13.5 Å². The van der Waals surface area contributed by atoms with E-state index in [1.54, 1.807) is 31.2 Å². The van der Waals surface area contributed by atoms with Crippen LogP contribution in [-0.2, 0) is 6.54 Å². The smallest absolute Gasteiger partial charge is 0.367 e. The van der Waals surface area contributed by atoms with Crippen LogP contribution in [0.4, 0.5) is 11.6 Å². The summed E-state index contributed by atoms with van der Waals surface area (Å²) >= 11 is 5.74. The van der Waals surface area contributed by atoms with Crippen LogP contribution in [0.15, 0.2) is 24.3 Å². The topological polar surface area (TPSA) is 104 Å². The van der Waals surface area contributed by atoms with Gasteiger partial charge in [0.1, 0.15) is 0 Å². The number of nitrogens with two attached hydrogens (primary N) is 1. The van der Waals surface area contributed by atoms with E-state index in [9.17, 15) is 14.9 Å². The lowest BCUT2D eigenvalue weighted by molar-refractivity contribution is -0.391. The number of anilines is 1. The first-order valence-corrected chi connectivity index (χ1v) is 6.03. The van der Waals surface area contributed by atoms with Crippen molar-refractivity contribution < 1.29 is 9.72 Å². The third-order valence-electron chi connectivity index (χ3n) is 2.80. The van der Waals surface area contributed by atoms with Crippen LogP contribution < -0.4 is 5.73 Å². The van der Waals surface area contributed by atoms with Gasteiger partial charge in [-0.2, -0.15) is 4.98 Å². The van der Waals surface area contributed by atoms with E-state index in [-0.39, 0.29) is 24.0 Å². The maximum atomic E-state index is 12.1. The fourth-order valence-corrected chi connectivity index (χ4v) is 1.95. The van der Waals surface area contributed by atoms with Gasteiger partial charge in [-0.05, 0) is 29.2 Å². The molecular weight excluding hydrogens is 284 g/mol. The Kier molecular flexibility index (Phi) is 3.71. The average molecular weight is 295 g/mol. The molecule has 1 heterocycles.